The molecule has 0 radical (unpaired) electrons. The molecule has 0 saturated heterocycles. The summed E-state index contributed by atoms with van der Waals surface area (Å²) in [5.41, 5.74) is 3.10. The monoisotopic (exact) mass is 564 g/mol. The molecule has 1 aromatic heterocycles. The molecule has 33 heavy (non-hydrogen) atoms. The van der Waals surface area contributed by atoms with Crippen LogP contribution in [0.15, 0.2) is 65.9 Å². The van der Waals surface area contributed by atoms with E-state index in [0.717, 1.165) is 17.7 Å². The highest BCUT2D eigenvalue weighted by Gasteiger charge is 2.08. The Hall–Kier alpha value is -2.95. The maximum Gasteiger partial charge on any atom is 0.251 e. The number of nitrogens with zero attached hydrogens (tertiary/aromatic N) is 3. The number of hydrogen-bond donors (Lipinski definition) is 3. The molecule has 0 atom stereocenters. The summed E-state index contributed by atoms with van der Waals surface area (Å²) in [6.07, 6.45) is 3.70. The number of carbonyl (C=O) groups excluding carboxylic acids is 1. The van der Waals surface area contributed by atoms with Gasteiger partial charge in [0.15, 0.2) is 5.96 Å². The van der Waals surface area contributed by atoms with Crippen molar-refractivity contribution in [2.45, 2.75) is 26.9 Å². The van der Waals surface area contributed by atoms with E-state index in [4.69, 9.17) is 0 Å². The molecule has 3 aromatic rings. The quantitative estimate of drug-likeness (QED) is 0.161. The third-order valence-electron chi connectivity index (χ3n) is 4.90. The van der Waals surface area contributed by atoms with Crippen molar-refractivity contribution in [2.75, 3.05) is 19.6 Å². The smallest absolute Gasteiger partial charge is 0.251 e. The molecule has 1 amide bonds. The zero-order valence-electron chi connectivity index (χ0n) is 18.8. The third kappa shape index (κ3) is 8.16. The molecule has 0 saturated carbocycles. The van der Waals surface area contributed by atoms with Crippen LogP contribution in [-0.2, 0) is 13.1 Å². The van der Waals surface area contributed by atoms with Crippen LogP contribution in [0.5, 0.6) is 0 Å². The van der Waals surface area contributed by atoms with E-state index in [0.29, 0.717) is 43.3 Å². The second-order valence-electron chi connectivity index (χ2n) is 7.31. The van der Waals surface area contributed by atoms with Gasteiger partial charge in [-0.25, -0.2) is 9.38 Å². The third-order valence-corrected chi connectivity index (χ3v) is 4.90. The minimum atomic E-state index is -0.384. The summed E-state index contributed by atoms with van der Waals surface area (Å²) in [7, 11) is 0. The number of aryl methyl sites for hydroxylation is 1. The highest BCUT2D eigenvalue weighted by atomic mass is 127. The molecule has 7 nitrogen and oxygen atoms in total. The number of aliphatic imine (C=N–C) groups is 1. The molecule has 2 aromatic carbocycles. The van der Waals surface area contributed by atoms with Crippen molar-refractivity contribution in [3.05, 3.63) is 89.0 Å². The number of rotatable bonds is 9. The van der Waals surface area contributed by atoms with Gasteiger partial charge in [0.25, 0.3) is 5.91 Å². The molecule has 0 bridgehead atoms. The lowest BCUT2D eigenvalue weighted by Crippen LogP contribution is -2.41. The van der Waals surface area contributed by atoms with Crippen LogP contribution in [0.4, 0.5) is 4.39 Å². The van der Waals surface area contributed by atoms with Crippen LogP contribution in [0.25, 0.3) is 0 Å². The van der Waals surface area contributed by atoms with Gasteiger partial charge < -0.3 is 16.0 Å². The van der Waals surface area contributed by atoms with Gasteiger partial charge in [0.05, 0.1) is 13.1 Å². The summed E-state index contributed by atoms with van der Waals surface area (Å²) < 4.78 is 15.5. The van der Waals surface area contributed by atoms with Crippen LogP contribution in [0.2, 0.25) is 0 Å². The first-order valence-electron chi connectivity index (χ1n) is 10.7. The van der Waals surface area contributed by atoms with Crippen molar-refractivity contribution >= 4 is 35.8 Å². The van der Waals surface area contributed by atoms with Gasteiger partial charge >= 0.3 is 0 Å². The number of nitrogens with one attached hydrogen (secondary N) is 3. The average Bonchev–Trinajstić information content (AvgIpc) is 3.30. The molecule has 3 N–H and O–H groups in total. The van der Waals surface area contributed by atoms with Crippen LogP contribution in [-0.4, -0.2) is 41.3 Å². The molecule has 0 aliphatic rings. The molecule has 1 heterocycles. The largest absolute Gasteiger partial charge is 0.357 e. The van der Waals surface area contributed by atoms with E-state index in [-0.39, 0.29) is 35.7 Å². The summed E-state index contributed by atoms with van der Waals surface area (Å²) in [6, 6.07) is 14.5. The summed E-state index contributed by atoms with van der Waals surface area (Å²) in [5.74, 6) is -0.0256. The second kappa shape index (κ2) is 13.6. The Morgan fingerprint density at radius 1 is 1.06 bits per heavy atom. The van der Waals surface area contributed by atoms with Gasteiger partial charge in [-0.2, -0.15) is 5.10 Å². The number of carbonyl (C=O) groups is 1. The predicted octanol–water partition coefficient (Wildman–Crippen LogP) is 3.48. The molecule has 0 spiro atoms. The van der Waals surface area contributed by atoms with Crippen molar-refractivity contribution in [1.82, 2.24) is 25.7 Å². The fraction of sp³-hybridized carbons (Fsp3) is 0.292. The van der Waals surface area contributed by atoms with Crippen LogP contribution < -0.4 is 16.0 Å². The standard InChI is InChI=1S/C24H29FN6O.HI/c1-3-26-24(28-13-12-27-23(32)19-10-9-18(2)22(25)15-19)29-16-20-7-4-5-8-21(20)17-31-14-6-11-30-31;/h4-11,14-15H,3,12-13,16-17H2,1-2H3,(H,27,32)(H2,26,28,29);1H. The summed E-state index contributed by atoms with van der Waals surface area (Å²) in [4.78, 5) is 16.9. The van der Waals surface area contributed by atoms with Crippen molar-refractivity contribution in [1.29, 1.82) is 0 Å². The maximum absolute atomic E-state index is 13.7. The van der Waals surface area contributed by atoms with Crippen LogP contribution in [0.1, 0.15) is 34.0 Å². The first-order valence-corrected chi connectivity index (χ1v) is 10.7. The van der Waals surface area contributed by atoms with E-state index in [1.165, 1.54) is 6.07 Å². The molecule has 0 aliphatic carbocycles. The summed E-state index contributed by atoms with van der Waals surface area (Å²) >= 11 is 0. The molecule has 0 fully saturated rings. The Balaban J connectivity index is 0.00000385. The minimum Gasteiger partial charge on any atom is -0.357 e. The van der Waals surface area contributed by atoms with Gasteiger partial charge in [0.1, 0.15) is 5.82 Å². The number of guanidine groups is 1. The molecule has 0 unspecified atom stereocenters. The maximum atomic E-state index is 13.7. The Morgan fingerprint density at radius 2 is 1.82 bits per heavy atom. The Morgan fingerprint density at radius 3 is 2.52 bits per heavy atom. The van der Waals surface area contributed by atoms with Crippen molar-refractivity contribution < 1.29 is 9.18 Å². The van der Waals surface area contributed by atoms with Gasteiger partial charge in [0, 0.05) is 37.6 Å². The lowest BCUT2D eigenvalue weighted by atomic mass is 10.1. The zero-order chi connectivity index (χ0) is 22.8. The van der Waals surface area contributed by atoms with E-state index in [1.807, 2.05) is 36.0 Å². The SMILES string of the molecule is CCNC(=NCc1ccccc1Cn1cccn1)NCCNC(=O)c1ccc(C)c(F)c1.I. The number of amides is 1. The predicted molar refractivity (Wildman–Crippen MR) is 139 cm³/mol. The molecular formula is C24H30FIN6O. The second-order valence-corrected chi connectivity index (χ2v) is 7.31. The molecule has 3 rings (SSSR count). The van der Waals surface area contributed by atoms with Gasteiger partial charge in [-0.05, 0) is 48.7 Å². The fourth-order valence-electron chi connectivity index (χ4n) is 3.13. The van der Waals surface area contributed by atoms with Gasteiger partial charge in [-0.15, -0.1) is 24.0 Å². The molecule has 176 valence electrons. The number of halogens is 2. The van der Waals surface area contributed by atoms with E-state index in [2.05, 4.69) is 38.2 Å². The highest BCUT2D eigenvalue weighted by molar-refractivity contribution is 14.0. The van der Waals surface area contributed by atoms with Gasteiger partial charge in [0.2, 0.25) is 0 Å². The normalized spacial score (nSPS) is 10.9. The molecular weight excluding hydrogens is 534 g/mol. The lowest BCUT2D eigenvalue weighted by molar-refractivity contribution is 0.0954. The number of benzene rings is 2. The van der Waals surface area contributed by atoms with E-state index in [1.54, 1.807) is 25.3 Å². The topological polar surface area (TPSA) is 83.3 Å². The lowest BCUT2D eigenvalue weighted by Gasteiger charge is -2.13. The molecule has 9 heteroatoms. The van der Waals surface area contributed by atoms with E-state index < -0.39 is 0 Å². The fourth-order valence-corrected chi connectivity index (χ4v) is 3.13. The molecule has 0 aliphatic heterocycles. The number of hydrogen-bond acceptors (Lipinski definition) is 3. The van der Waals surface area contributed by atoms with E-state index >= 15 is 0 Å². The van der Waals surface area contributed by atoms with Crippen molar-refractivity contribution in [3.8, 4) is 0 Å². The van der Waals surface area contributed by atoms with Crippen LogP contribution in [0.3, 0.4) is 0 Å². The average molecular weight is 564 g/mol. The number of aromatic nitrogens is 2. The van der Waals surface area contributed by atoms with E-state index in [9.17, 15) is 9.18 Å². The highest BCUT2D eigenvalue weighted by Crippen LogP contribution is 2.12. The first kappa shape index (κ1) is 26.3. The minimum absolute atomic E-state index is 0. The summed E-state index contributed by atoms with van der Waals surface area (Å²) in [5, 5.41) is 13.5. The van der Waals surface area contributed by atoms with Crippen LogP contribution >= 0.6 is 24.0 Å². The Kier molecular flexibility index (Phi) is 10.8. The van der Waals surface area contributed by atoms with Crippen LogP contribution in [0, 0.1) is 12.7 Å². The zero-order valence-corrected chi connectivity index (χ0v) is 21.2. The van der Waals surface area contributed by atoms with Crippen molar-refractivity contribution in [2.24, 2.45) is 4.99 Å². The Labute approximate surface area is 210 Å². The first-order chi connectivity index (χ1) is 15.6. The Bertz CT molecular complexity index is 1050. The van der Waals surface area contributed by atoms with Gasteiger partial charge in [-0.1, -0.05) is 30.3 Å². The summed E-state index contributed by atoms with van der Waals surface area (Å²) in [6.45, 7) is 6.45. The van der Waals surface area contributed by atoms with Crippen molar-refractivity contribution in [3.63, 3.8) is 0 Å². The van der Waals surface area contributed by atoms with Gasteiger partial charge in [-0.3, -0.25) is 9.48 Å².